The van der Waals surface area contributed by atoms with Gasteiger partial charge in [0.25, 0.3) is 0 Å². The van der Waals surface area contributed by atoms with Crippen molar-refractivity contribution < 1.29 is 14.3 Å². The summed E-state index contributed by atoms with van der Waals surface area (Å²) in [5.41, 5.74) is 0.453. The lowest BCUT2D eigenvalue weighted by molar-refractivity contribution is -0.179. The van der Waals surface area contributed by atoms with Gasteiger partial charge < -0.3 is 19.7 Å². The fourth-order valence-electron chi connectivity index (χ4n) is 5.31. The molecule has 1 N–H and O–H groups in total. The van der Waals surface area contributed by atoms with Gasteiger partial charge in [-0.25, -0.2) is 4.79 Å². The molecule has 0 unspecified atom stereocenters. The van der Waals surface area contributed by atoms with E-state index in [4.69, 9.17) is 9.47 Å². The summed E-state index contributed by atoms with van der Waals surface area (Å²) in [4.78, 5) is 14.0. The zero-order chi connectivity index (χ0) is 16.7. The fourth-order valence-corrected chi connectivity index (χ4v) is 5.31. The molecular formula is C19H32N2O3. The molecule has 1 spiro atoms. The van der Waals surface area contributed by atoms with Crippen LogP contribution in [-0.2, 0) is 9.47 Å². The number of nitrogens with zero attached hydrogens (tertiary/aromatic N) is 1. The third kappa shape index (κ3) is 2.74. The predicted molar refractivity (Wildman–Crippen MR) is 91.8 cm³/mol. The quantitative estimate of drug-likeness (QED) is 0.858. The first-order chi connectivity index (χ1) is 11.6. The highest BCUT2D eigenvalue weighted by Crippen LogP contribution is 2.62. The van der Waals surface area contributed by atoms with Crippen LogP contribution in [0.1, 0.15) is 52.4 Å². The number of fused-ring (bicyclic) bond motifs is 2. The molecule has 136 valence electrons. The number of ether oxygens (including phenoxy) is 2. The molecule has 2 heterocycles. The van der Waals surface area contributed by atoms with E-state index in [9.17, 15) is 4.79 Å². The minimum absolute atomic E-state index is 0.134. The largest absolute Gasteiger partial charge is 0.449 e. The summed E-state index contributed by atoms with van der Waals surface area (Å²) in [7, 11) is 0. The van der Waals surface area contributed by atoms with Crippen LogP contribution in [0.5, 0.6) is 0 Å². The van der Waals surface area contributed by atoms with Crippen LogP contribution in [0.4, 0.5) is 4.79 Å². The van der Waals surface area contributed by atoms with Crippen molar-refractivity contribution in [1.82, 2.24) is 10.2 Å². The smallest absolute Gasteiger partial charge is 0.409 e. The lowest BCUT2D eigenvalue weighted by Gasteiger charge is -2.64. The van der Waals surface area contributed by atoms with Gasteiger partial charge in [0.05, 0.1) is 12.7 Å². The third-order valence-corrected chi connectivity index (χ3v) is 6.74. The first kappa shape index (κ1) is 16.6. The summed E-state index contributed by atoms with van der Waals surface area (Å²) in [6.07, 6.45) is 7.76. The number of rotatable bonds is 4. The average molecular weight is 336 g/mol. The zero-order valence-corrected chi connectivity index (χ0v) is 15.1. The van der Waals surface area contributed by atoms with E-state index < -0.39 is 0 Å². The molecule has 0 bridgehead atoms. The lowest BCUT2D eigenvalue weighted by Crippen LogP contribution is -2.72. The summed E-state index contributed by atoms with van der Waals surface area (Å²) >= 11 is 0. The molecule has 2 aliphatic heterocycles. The minimum atomic E-state index is -0.134. The fraction of sp³-hybridized carbons (Fsp3) is 0.947. The van der Waals surface area contributed by atoms with Crippen molar-refractivity contribution in [2.45, 2.75) is 70.6 Å². The van der Waals surface area contributed by atoms with Gasteiger partial charge in [-0.05, 0) is 38.0 Å². The van der Waals surface area contributed by atoms with Crippen molar-refractivity contribution in [3.05, 3.63) is 0 Å². The van der Waals surface area contributed by atoms with Crippen LogP contribution >= 0.6 is 0 Å². The molecule has 5 nitrogen and oxygen atoms in total. The maximum absolute atomic E-state index is 12.1. The number of hydrogen-bond donors (Lipinski definition) is 1. The van der Waals surface area contributed by atoms with Crippen molar-refractivity contribution in [1.29, 1.82) is 0 Å². The summed E-state index contributed by atoms with van der Waals surface area (Å²) < 4.78 is 11.4. The van der Waals surface area contributed by atoms with E-state index in [1.165, 1.54) is 25.7 Å². The Morgan fingerprint density at radius 1 is 1.29 bits per heavy atom. The van der Waals surface area contributed by atoms with Gasteiger partial charge >= 0.3 is 6.09 Å². The predicted octanol–water partition coefficient (Wildman–Crippen LogP) is 2.79. The first-order valence-corrected chi connectivity index (χ1v) is 9.89. The standard InChI is InChI=1S/C19H32N2O3/c1-13(2)12-24-18(22)21-9-4-14(5-10-21)20-16-15-6-11-23-17(15)19(16)7-3-8-19/h13-17,20H,3-12H2,1-2H3/t15-,16-,17-/m1/s1. The van der Waals surface area contributed by atoms with E-state index in [-0.39, 0.29) is 6.09 Å². The van der Waals surface area contributed by atoms with Gasteiger partial charge in [0.15, 0.2) is 0 Å². The Labute approximate surface area is 145 Å². The molecule has 3 atom stereocenters. The molecule has 2 saturated carbocycles. The minimum Gasteiger partial charge on any atom is -0.449 e. The maximum atomic E-state index is 12.1. The number of hydrogen-bond acceptors (Lipinski definition) is 4. The number of amides is 1. The molecule has 2 saturated heterocycles. The third-order valence-electron chi connectivity index (χ3n) is 6.74. The Balaban J connectivity index is 1.26. The molecule has 4 fully saturated rings. The summed E-state index contributed by atoms with van der Waals surface area (Å²) in [6.45, 7) is 7.24. The van der Waals surface area contributed by atoms with Gasteiger partial charge in [-0.15, -0.1) is 0 Å². The van der Waals surface area contributed by atoms with E-state index in [0.717, 1.165) is 38.5 Å². The zero-order valence-electron chi connectivity index (χ0n) is 15.1. The van der Waals surface area contributed by atoms with Gasteiger partial charge in [-0.3, -0.25) is 0 Å². The highest BCUT2D eigenvalue weighted by atomic mass is 16.6. The Morgan fingerprint density at radius 3 is 2.67 bits per heavy atom. The van der Waals surface area contributed by atoms with Gasteiger partial charge in [0, 0.05) is 43.1 Å². The molecule has 0 radical (unpaired) electrons. The summed E-state index contributed by atoms with van der Waals surface area (Å²) in [5, 5.41) is 3.97. The van der Waals surface area contributed by atoms with Crippen LogP contribution in [0, 0.1) is 17.3 Å². The molecular weight excluding hydrogens is 304 g/mol. The van der Waals surface area contributed by atoms with Crippen molar-refractivity contribution >= 4 is 6.09 Å². The van der Waals surface area contributed by atoms with Gasteiger partial charge in [0.1, 0.15) is 0 Å². The molecule has 0 aromatic rings. The summed E-state index contributed by atoms with van der Waals surface area (Å²) in [6, 6.07) is 1.20. The van der Waals surface area contributed by atoms with Crippen LogP contribution in [0.3, 0.4) is 0 Å². The second kappa shape index (κ2) is 6.49. The molecule has 5 heteroatoms. The van der Waals surface area contributed by atoms with Crippen LogP contribution < -0.4 is 5.32 Å². The highest BCUT2D eigenvalue weighted by Gasteiger charge is 2.66. The number of piperidine rings is 1. The Morgan fingerprint density at radius 2 is 2.04 bits per heavy atom. The van der Waals surface area contributed by atoms with E-state index >= 15 is 0 Å². The van der Waals surface area contributed by atoms with E-state index in [1.54, 1.807) is 0 Å². The second-order valence-electron chi connectivity index (χ2n) is 8.71. The van der Waals surface area contributed by atoms with Crippen molar-refractivity contribution in [2.75, 3.05) is 26.3 Å². The van der Waals surface area contributed by atoms with E-state index in [0.29, 0.717) is 36.1 Å². The number of carbonyl (C=O) groups excluding carboxylic acids is 1. The lowest BCUT2D eigenvalue weighted by atomic mass is 9.46. The van der Waals surface area contributed by atoms with Crippen molar-refractivity contribution in [3.8, 4) is 0 Å². The van der Waals surface area contributed by atoms with Gasteiger partial charge in [0.2, 0.25) is 0 Å². The van der Waals surface area contributed by atoms with Crippen molar-refractivity contribution in [3.63, 3.8) is 0 Å². The highest BCUT2D eigenvalue weighted by molar-refractivity contribution is 5.67. The number of carbonyl (C=O) groups is 1. The molecule has 4 aliphatic rings. The van der Waals surface area contributed by atoms with Crippen molar-refractivity contribution in [2.24, 2.45) is 17.3 Å². The molecule has 4 rings (SSSR count). The van der Waals surface area contributed by atoms with Crippen LogP contribution in [0.15, 0.2) is 0 Å². The van der Waals surface area contributed by atoms with Crippen LogP contribution in [-0.4, -0.2) is 55.5 Å². The first-order valence-electron chi connectivity index (χ1n) is 9.89. The topological polar surface area (TPSA) is 50.8 Å². The molecule has 2 aliphatic carbocycles. The molecule has 0 aromatic carbocycles. The molecule has 24 heavy (non-hydrogen) atoms. The SMILES string of the molecule is CC(C)COC(=O)N1CCC(N[C@@H]2[C@H]3CCO[C@H]3C23CCC3)CC1. The Bertz CT molecular complexity index is 469. The van der Waals surface area contributed by atoms with Crippen LogP contribution in [0.25, 0.3) is 0 Å². The number of nitrogens with one attached hydrogen (secondary N) is 1. The van der Waals surface area contributed by atoms with E-state index in [1.807, 2.05) is 4.90 Å². The molecule has 1 amide bonds. The van der Waals surface area contributed by atoms with Crippen LogP contribution in [0.2, 0.25) is 0 Å². The monoisotopic (exact) mass is 336 g/mol. The second-order valence-corrected chi connectivity index (χ2v) is 8.71. The Hall–Kier alpha value is -0.810. The van der Waals surface area contributed by atoms with E-state index in [2.05, 4.69) is 19.2 Å². The average Bonchev–Trinajstić information content (AvgIpc) is 2.94. The van der Waals surface area contributed by atoms with Gasteiger partial charge in [-0.1, -0.05) is 20.3 Å². The summed E-state index contributed by atoms with van der Waals surface area (Å²) in [5.74, 6) is 1.13. The normalized spacial score (nSPS) is 34.8. The maximum Gasteiger partial charge on any atom is 0.409 e. The van der Waals surface area contributed by atoms with Gasteiger partial charge in [-0.2, -0.15) is 0 Å². The number of likely N-dealkylation sites (tertiary alicyclic amines) is 1. The molecule has 0 aromatic heterocycles. The Kier molecular flexibility index (Phi) is 4.50.